The van der Waals surface area contributed by atoms with E-state index in [1.54, 1.807) is 6.07 Å². The molecule has 0 unspecified atom stereocenters. The van der Waals surface area contributed by atoms with Crippen LogP contribution in [0.5, 0.6) is 0 Å². The molecule has 0 saturated carbocycles. The van der Waals surface area contributed by atoms with Gasteiger partial charge in [0.1, 0.15) is 0 Å². The molecule has 0 amide bonds. The molecule has 0 fully saturated rings. The summed E-state index contributed by atoms with van der Waals surface area (Å²) in [6.07, 6.45) is 0.811. The monoisotopic (exact) mass is 336 g/mol. The van der Waals surface area contributed by atoms with Crippen LogP contribution in [-0.2, 0) is 13.0 Å². The fraction of sp³-hybridized carbons (Fsp3) is 0.188. The van der Waals surface area contributed by atoms with Crippen molar-refractivity contribution in [3.63, 3.8) is 0 Å². The molecule has 1 heterocycles. The maximum atomic E-state index is 6.22. The number of fused-ring (bicyclic) bond motifs is 1. The molecule has 0 radical (unpaired) electrons. The maximum absolute atomic E-state index is 6.22. The number of benzene rings is 2. The fourth-order valence-corrected chi connectivity index (χ4v) is 3.26. The van der Waals surface area contributed by atoms with E-state index in [2.05, 4.69) is 34.7 Å². The third kappa shape index (κ3) is 3.00. The molecule has 0 spiro atoms. The molecule has 5 heteroatoms. The van der Waals surface area contributed by atoms with Crippen molar-refractivity contribution in [1.82, 2.24) is 9.55 Å². The van der Waals surface area contributed by atoms with E-state index >= 15 is 0 Å². The number of nitrogens with one attached hydrogen (secondary N) is 1. The number of imidazole rings is 1. The average Bonchev–Trinajstić information content (AvgIpc) is 2.72. The summed E-state index contributed by atoms with van der Waals surface area (Å²) in [5, 5.41) is 1.35. The zero-order chi connectivity index (χ0) is 15.0. The molecule has 2 nitrogen and oxygen atoms in total. The second kappa shape index (κ2) is 5.84. The van der Waals surface area contributed by atoms with Crippen LogP contribution in [0.3, 0.4) is 0 Å². The molecule has 0 aliphatic carbocycles. The Morgan fingerprint density at radius 3 is 2.71 bits per heavy atom. The Balaban J connectivity index is 1.91. The highest BCUT2D eigenvalue weighted by Gasteiger charge is 2.06. The van der Waals surface area contributed by atoms with Crippen LogP contribution in [0.15, 0.2) is 36.4 Å². The highest BCUT2D eigenvalue weighted by Crippen LogP contribution is 2.23. The van der Waals surface area contributed by atoms with Crippen LogP contribution in [0.1, 0.15) is 11.1 Å². The highest BCUT2D eigenvalue weighted by atomic mass is 35.5. The van der Waals surface area contributed by atoms with Crippen LogP contribution < -0.4 is 0 Å². The standard InChI is InChI=1S/C16H14Cl2N2S/c1-10-2-5-15-14(8-10)19-16(21)20(15)7-6-11-3-4-12(17)9-13(11)18/h2-5,8-9H,6-7H2,1H3,(H,19,21). The summed E-state index contributed by atoms with van der Waals surface area (Å²) < 4.78 is 2.84. The Kier molecular flexibility index (Phi) is 4.07. The molecule has 1 aromatic heterocycles. The Labute approximate surface area is 138 Å². The lowest BCUT2D eigenvalue weighted by Gasteiger charge is -2.07. The highest BCUT2D eigenvalue weighted by molar-refractivity contribution is 7.71. The summed E-state index contributed by atoms with van der Waals surface area (Å²) in [5.74, 6) is 0. The quantitative estimate of drug-likeness (QED) is 0.621. The summed E-state index contributed by atoms with van der Waals surface area (Å²) in [4.78, 5) is 3.25. The summed E-state index contributed by atoms with van der Waals surface area (Å²) in [7, 11) is 0. The topological polar surface area (TPSA) is 20.7 Å². The third-order valence-electron chi connectivity index (χ3n) is 3.55. The first-order valence-electron chi connectivity index (χ1n) is 6.68. The van der Waals surface area contributed by atoms with Gasteiger partial charge in [-0.3, -0.25) is 0 Å². The molecule has 0 bridgehead atoms. The fourth-order valence-electron chi connectivity index (χ4n) is 2.46. The largest absolute Gasteiger partial charge is 0.331 e. The predicted octanol–water partition coefficient (Wildman–Crippen LogP) is 5.56. The van der Waals surface area contributed by atoms with E-state index in [9.17, 15) is 0 Å². The van der Waals surface area contributed by atoms with Gasteiger partial charge in [0.15, 0.2) is 4.77 Å². The molecular weight excluding hydrogens is 323 g/mol. The Morgan fingerprint density at radius 1 is 1.14 bits per heavy atom. The Hall–Kier alpha value is -1.29. The zero-order valence-electron chi connectivity index (χ0n) is 11.5. The minimum absolute atomic E-state index is 0.655. The molecule has 0 atom stereocenters. The van der Waals surface area contributed by atoms with Crippen molar-refractivity contribution in [2.45, 2.75) is 19.9 Å². The second-order valence-corrected chi connectivity index (χ2v) is 6.32. The van der Waals surface area contributed by atoms with Crippen molar-refractivity contribution in [3.05, 3.63) is 62.3 Å². The summed E-state index contributed by atoms with van der Waals surface area (Å²) in [5.41, 5.74) is 4.48. The van der Waals surface area contributed by atoms with Gasteiger partial charge in [0, 0.05) is 16.6 Å². The maximum Gasteiger partial charge on any atom is 0.178 e. The number of rotatable bonds is 3. The van der Waals surface area contributed by atoms with Crippen molar-refractivity contribution in [2.75, 3.05) is 0 Å². The third-order valence-corrected chi connectivity index (χ3v) is 4.46. The van der Waals surface area contributed by atoms with Crippen molar-refractivity contribution >= 4 is 46.5 Å². The normalized spacial score (nSPS) is 11.2. The van der Waals surface area contributed by atoms with Crippen LogP contribution in [0.2, 0.25) is 10.0 Å². The number of aromatic amines is 1. The molecule has 1 N–H and O–H groups in total. The number of halogens is 2. The first kappa shape index (κ1) is 14.6. The first-order chi connectivity index (χ1) is 10.0. The van der Waals surface area contributed by atoms with Crippen molar-refractivity contribution in [1.29, 1.82) is 0 Å². The summed E-state index contributed by atoms with van der Waals surface area (Å²) in [6, 6.07) is 11.9. The molecule has 0 aliphatic rings. The number of H-pyrrole nitrogens is 1. The van der Waals surface area contributed by atoms with E-state index in [1.807, 2.05) is 12.1 Å². The SMILES string of the molecule is Cc1ccc2c(c1)[nH]c(=S)n2CCc1ccc(Cl)cc1Cl. The molecule has 21 heavy (non-hydrogen) atoms. The van der Waals surface area contributed by atoms with E-state index < -0.39 is 0 Å². The Bertz CT molecular complexity index is 864. The number of aryl methyl sites for hydroxylation is 3. The van der Waals surface area contributed by atoms with Crippen LogP contribution in [-0.4, -0.2) is 9.55 Å². The first-order valence-corrected chi connectivity index (χ1v) is 7.84. The predicted molar refractivity (Wildman–Crippen MR) is 92.0 cm³/mol. The Morgan fingerprint density at radius 2 is 1.95 bits per heavy atom. The van der Waals surface area contributed by atoms with Crippen molar-refractivity contribution in [3.8, 4) is 0 Å². The smallest absolute Gasteiger partial charge is 0.178 e. The molecule has 0 aliphatic heterocycles. The second-order valence-electron chi connectivity index (χ2n) is 5.09. The summed E-state index contributed by atoms with van der Waals surface area (Å²) in [6.45, 7) is 2.85. The molecule has 2 aromatic carbocycles. The van der Waals surface area contributed by atoms with Crippen LogP contribution in [0, 0.1) is 11.7 Å². The molecule has 108 valence electrons. The van der Waals surface area contributed by atoms with Gasteiger partial charge in [0.05, 0.1) is 11.0 Å². The lowest BCUT2D eigenvalue weighted by molar-refractivity contribution is 0.706. The van der Waals surface area contributed by atoms with E-state index in [1.165, 1.54) is 5.56 Å². The van der Waals surface area contributed by atoms with E-state index in [4.69, 9.17) is 35.4 Å². The van der Waals surface area contributed by atoms with E-state index in [-0.39, 0.29) is 0 Å². The number of aromatic nitrogens is 2. The van der Waals surface area contributed by atoms with Crippen molar-refractivity contribution in [2.24, 2.45) is 0 Å². The molecule has 0 saturated heterocycles. The van der Waals surface area contributed by atoms with Crippen LogP contribution in [0.4, 0.5) is 0 Å². The lowest BCUT2D eigenvalue weighted by Crippen LogP contribution is -2.01. The van der Waals surface area contributed by atoms with Gasteiger partial charge in [-0.05, 0) is 61.0 Å². The van der Waals surface area contributed by atoms with Gasteiger partial charge in [-0.15, -0.1) is 0 Å². The van der Waals surface area contributed by atoms with Gasteiger partial charge >= 0.3 is 0 Å². The van der Waals surface area contributed by atoms with Crippen LogP contribution >= 0.6 is 35.4 Å². The van der Waals surface area contributed by atoms with Gasteiger partial charge in [0.2, 0.25) is 0 Å². The molecule has 3 rings (SSSR count). The number of nitrogens with zero attached hydrogens (tertiary/aromatic N) is 1. The van der Waals surface area contributed by atoms with E-state index in [0.717, 1.165) is 34.3 Å². The summed E-state index contributed by atoms with van der Waals surface area (Å²) >= 11 is 17.6. The minimum atomic E-state index is 0.655. The van der Waals surface area contributed by atoms with Gasteiger partial charge < -0.3 is 9.55 Å². The van der Waals surface area contributed by atoms with Gasteiger partial charge in [-0.25, -0.2) is 0 Å². The number of hydrogen-bond acceptors (Lipinski definition) is 1. The van der Waals surface area contributed by atoms with Crippen molar-refractivity contribution < 1.29 is 0 Å². The van der Waals surface area contributed by atoms with E-state index in [0.29, 0.717) is 10.0 Å². The van der Waals surface area contributed by atoms with Gasteiger partial charge in [-0.1, -0.05) is 35.3 Å². The molecular formula is C16H14Cl2N2S. The minimum Gasteiger partial charge on any atom is -0.331 e. The zero-order valence-corrected chi connectivity index (χ0v) is 13.8. The van der Waals surface area contributed by atoms with Gasteiger partial charge in [-0.2, -0.15) is 0 Å². The molecule has 3 aromatic rings. The lowest BCUT2D eigenvalue weighted by atomic mass is 10.1. The number of hydrogen-bond donors (Lipinski definition) is 1. The van der Waals surface area contributed by atoms with Gasteiger partial charge in [0.25, 0.3) is 0 Å². The average molecular weight is 337 g/mol. The van der Waals surface area contributed by atoms with Crippen LogP contribution in [0.25, 0.3) is 11.0 Å².